The summed E-state index contributed by atoms with van der Waals surface area (Å²) in [7, 11) is 0. The second-order valence-corrected chi connectivity index (χ2v) is 14.2. The van der Waals surface area contributed by atoms with E-state index in [1.54, 1.807) is 0 Å². The molecule has 0 aliphatic carbocycles. The molecule has 326 valence electrons. The Morgan fingerprint density at radius 1 is 0.542 bits per heavy atom. The molecule has 0 spiro atoms. The maximum absolute atomic E-state index is 13.7. The number of primary amides is 4. The standard InChI is InChI=1S/C34H52N12O13/c1-15(14-47)39-29(54)18(10-24(35)49)42-31(56)23-7-5-9-46(23)34(59)21(13-27(38)52)44-28(53)16(2)40-30(55)19(11-25(36)50)43-32(57)22-6-4-8-45(22)33(58)20(12-26(37)51)41-17(3)48/h14-16,18-23H,4-13H2,1-3H3,(H2,35,49)(H2,36,50)(H2,37,51)(H2,38,52)(H,39,54)(H,40,55)(H,41,48)(H,42,56)(H,43,57)(H,44,53)/t15-,16-,18-,19-,20-,21-,22-,23-/m0/s1. The summed E-state index contributed by atoms with van der Waals surface area (Å²) in [4.78, 5) is 165. The highest BCUT2D eigenvalue weighted by atomic mass is 16.2. The fourth-order valence-electron chi connectivity index (χ4n) is 6.45. The molecule has 25 nitrogen and oxygen atoms in total. The van der Waals surface area contributed by atoms with Gasteiger partial charge >= 0.3 is 0 Å². The molecule has 0 saturated carbocycles. The monoisotopic (exact) mass is 836 g/mol. The third-order valence-corrected chi connectivity index (χ3v) is 9.18. The number of carbonyl (C=O) groups excluding carboxylic acids is 13. The fourth-order valence-corrected chi connectivity index (χ4v) is 6.45. The van der Waals surface area contributed by atoms with E-state index in [2.05, 4.69) is 31.9 Å². The molecule has 8 atom stereocenters. The SMILES string of the molecule is CC(=O)N[C@@H](CC(N)=O)C(=O)N1CCC[C@H]1C(=O)N[C@@H](CC(N)=O)C(=O)N[C@@H](C)C(=O)N[C@@H](CC(N)=O)C(=O)N1CCC[C@H]1C(=O)N[C@@H](CC(N)=O)C(=O)N[C@@H](C)C=O. The van der Waals surface area contributed by atoms with Gasteiger partial charge in [-0.25, -0.2) is 0 Å². The molecule has 2 rings (SSSR count). The first-order valence-corrected chi connectivity index (χ1v) is 18.5. The van der Waals surface area contributed by atoms with E-state index in [0.717, 1.165) is 16.7 Å². The number of nitrogens with zero attached hydrogens (tertiary/aromatic N) is 2. The minimum atomic E-state index is -1.68. The molecule has 0 aromatic rings. The largest absolute Gasteiger partial charge is 0.370 e. The molecule has 59 heavy (non-hydrogen) atoms. The number of carbonyl (C=O) groups is 13. The normalized spacial score (nSPS) is 19.0. The van der Waals surface area contributed by atoms with Crippen molar-refractivity contribution in [1.29, 1.82) is 0 Å². The van der Waals surface area contributed by atoms with Gasteiger partial charge in [-0.1, -0.05) is 0 Å². The Morgan fingerprint density at radius 3 is 1.29 bits per heavy atom. The van der Waals surface area contributed by atoms with Crippen LogP contribution < -0.4 is 54.8 Å². The first kappa shape index (κ1) is 48.5. The predicted octanol–water partition coefficient (Wildman–Crippen LogP) is -7.36. The molecule has 2 aliphatic rings. The van der Waals surface area contributed by atoms with Gasteiger partial charge in [0.15, 0.2) is 0 Å². The number of likely N-dealkylation sites (tertiary alicyclic amines) is 2. The molecule has 25 heteroatoms. The minimum absolute atomic E-state index is 0.0402. The van der Waals surface area contributed by atoms with Crippen LogP contribution >= 0.6 is 0 Å². The van der Waals surface area contributed by atoms with Crippen LogP contribution in [0.3, 0.4) is 0 Å². The lowest BCUT2D eigenvalue weighted by Gasteiger charge is -2.30. The van der Waals surface area contributed by atoms with Crippen molar-refractivity contribution in [3.63, 3.8) is 0 Å². The molecular formula is C34H52N12O13. The van der Waals surface area contributed by atoms with Crippen molar-refractivity contribution < 1.29 is 62.3 Å². The molecular weight excluding hydrogens is 784 g/mol. The summed E-state index contributed by atoms with van der Waals surface area (Å²) in [5.41, 5.74) is 21.1. The van der Waals surface area contributed by atoms with Crippen LogP contribution in [-0.2, 0) is 62.3 Å². The second-order valence-electron chi connectivity index (χ2n) is 14.2. The molecule has 12 amide bonds. The number of aldehydes is 1. The lowest BCUT2D eigenvalue weighted by molar-refractivity contribution is -0.143. The second kappa shape index (κ2) is 22.3. The van der Waals surface area contributed by atoms with Crippen LogP contribution in [0.5, 0.6) is 0 Å². The zero-order valence-electron chi connectivity index (χ0n) is 32.8. The number of hydrogen-bond acceptors (Lipinski definition) is 13. The molecule has 2 heterocycles. The van der Waals surface area contributed by atoms with E-state index in [4.69, 9.17) is 22.9 Å². The molecule has 0 bridgehead atoms. The maximum atomic E-state index is 13.7. The number of hydrogen-bond donors (Lipinski definition) is 10. The van der Waals surface area contributed by atoms with E-state index in [9.17, 15) is 62.3 Å². The number of amides is 12. The lowest BCUT2D eigenvalue weighted by Crippen LogP contribution is -2.60. The van der Waals surface area contributed by atoms with Gasteiger partial charge in [0.05, 0.1) is 31.7 Å². The molecule has 14 N–H and O–H groups in total. The smallest absolute Gasteiger partial charge is 0.246 e. The molecule has 0 aromatic carbocycles. The summed E-state index contributed by atoms with van der Waals surface area (Å²) in [6, 6.07) is -11.2. The van der Waals surface area contributed by atoms with Gasteiger partial charge in [0.2, 0.25) is 70.9 Å². The van der Waals surface area contributed by atoms with E-state index in [0.29, 0.717) is 12.7 Å². The maximum Gasteiger partial charge on any atom is 0.246 e. The summed E-state index contributed by atoms with van der Waals surface area (Å²) >= 11 is 0. The van der Waals surface area contributed by atoms with Crippen LogP contribution in [0, 0.1) is 0 Å². The molecule has 2 saturated heterocycles. The van der Waals surface area contributed by atoms with E-state index in [1.165, 1.54) is 13.8 Å². The van der Waals surface area contributed by atoms with Crippen molar-refractivity contribution in [3.8, 4) is 0 Å². The van der Waals surface area contributed by atoms with Crippen molar-refractivity contribution in [2.45, 2.75) is 120 Å². The molecule has 0 radical (unpaired) electrons. The Kier molecular flexibility index (Phi) is 18.3. The summed E-state index contributed by atoms with van der Waals surface area (Å²) in [6.45, 7) is 3.63. The third-order valence-electron chi connectivity index (χ3n) is 9.18. The van der Waals surface area contributed by atoms with E-state index < -0.39 is 145 Å². The number of nitrogens with two attached hydrogens (primary N) is 4. The van der Waals surface area contributed by atoms with Gasteiger partial charge in [0, 0.05) is 20.0 Å². The summed E-state index contributed by atoms with van der Waals surface area (Å²) in [5.74, 6) is -11.1. The van der Waals surface area contributed by atoms with Crippen LogP contribution in [0.2, 0.25) is 0 Å². The highest BCUT2D eigenvalue weighted by Crippen LogP contribution is 2.21. The molecule has 0 unspecified atom stereocenters. The number of nitrogens with one attached hydrogen (secondary N) is 6. The van der Waals surface area contributed by atoms with Crippen molar-refractivity contribution in [1.82, 2.24) is 41.7 Å². The van der Waals surface area contributed by atoms with Crippen molar-refractivity contribution >= 4 is 77.2 Å². The Labute approximate surface area is 337 Å². The fraction of sp³-hybridized carbons (Fsp3) is 0.618. The third kappa shape index (κ3) is 15.0. The summed E-state index contributed by atoms with van der Waals surface area (Å²) < 4.78 is 0. The highest BCUT2D eigenvalue weighted by molar-refractivity contribution is 6.00. The van der Waals surface area contributed by atoms with E-state index in [-0.39, 0.29) is 32.4 Å². The van der Waals surface area contributed by atoms with E-state index >= 15 is 0 Å². The van der Waals surface area contributed by atoms with Crippen LogP contribution in [0.15, 0.2) is 0 Å². The number of rotatable bonds is 22. The van der Waals surface area contributed by atoms with Crippen molar-refractivity contribution in [3.05, 3.63) is 0 Å². The Bertz CT molecular complexity index is 1690. The average Bonchev–Trinajstić information content (AvgIpc) is 3.83. The lowest BCUT2D eigenvalue weighted by atomic mass is 10.1. The predicted molar refractivity (Wildman–Crippen MR) is 199 cm³/mol. The molecule has 0 aromatic heterocycles. The highest BCUT2D eigenvalue weighted by Gasteiger charge is 2.42. The molecule has 2 fully saturated rings. The first-order valence-electron chi connectivity index (χ1n) is 18.5. The minimum Gasteiger partial charge on any atom is -0.370 e. The first-order chi connectivity index (χ1) is 27.5. The van der Waals surface area contributed by atoms with Gasteiger partial charge in [-0.3, -0.25) is 57.5 Å². The quantitative estimate of drug-likeness (QED) is 0.0454. The Balaban J connectivity index is 2.19. The van der Waals surface area contributed by atoms with Gasteiger partial charge in [-0.2, -0.15) is 0 Å². The van der Waals surface area contributed by atoms with Gasteiger partial charge in [-0.05, 0) is 39.5 Å². The van der Waals surface area contributed by atoms with E-state index in [1.807, 2.05) is 0 Å². The summed E-state index contributed by atoms with van der Waals surface area (Å²) in [5, 5.41) is 13.9. The summed E-state index contributed by atoms with van der Waals surface area (Å²) in [6.07, 6.45) is -1.55. The van der Waals surface area contributed by atoms with Crippen LogP contribution in [0.1, 0.15) is 72.1 Å². The van der Waals surface area contributed by atoms with Crippen LogP contribution in [-0.4, -0.2) is 148 Å². The van der Waals surface area contributed by atoms with Gasteiger partial charge in [0.25, 0.3) is 0 Å². The Hall–Kier alpha value is -6.69. The topological polar surface area (TPSA) is 405 Å². The van der Waals surface area contributed by atoms with Crippen LogP contribution in [0.4, 0.5) is 0 Å². The van der Waals surface area contributed by atoms with Gasteiger partial charge in [0.1, 0.15) is 48.6 Å². The van der Waals surface area contributed by atoms with Crippen molar-refractivity contribution in [2.24, 2.45) is 22.9 Å². The zero-order chi connectivity index (χ0) is 44.7. The Morgan fingerprint density at radius 2 is 0.915 bits per heavy atom. The molecule has 2 aliphatic heterocycles. The van der Waals surface area contributed by atoms with Crippen LogP contribution in [0.25, 0.3) is 0 Å². The average molecular weight is 837 g/mol. The van der Waals surface area contributed by atoms with Gasteiger partial charge in [-0.15, -0.1) is 0 Å². The van der Waals surface area contributed by atoms with Gasteiger partial charge < -0.3 is 69.4 Å². The van der Waals surface area contributed by atoms with Crippen molar-refractivity contribution in [2.75, 3.05) is 13.1 Å². The zero-order valence-corrected chi connectivity index (χ0v) is 32.8.